The van der Waals surface area contributed by atoms with Crippen LogP contribution in [0.15, 0.2) is 27.1 Å². The van der Waals surface area contributed by atoms with Crippen LogP contribution in [0.25, 0.3) is 0 Å². The molecule has 0 aromatic heterocycles. The number of ether oxygens (including phenoxy) is 2. The Hall–Kier alpha value is -1.12. The quantitative estimate of drug-likeness (QED) is 0.715. The van der Waals surface area contributed by atoms with Crippen molar-refractivity contribution in [2.24, 2.45) is 0 Å². The normalized spacial score (nSPS) is 11.8. The highest BCUT2D eigenvalue weighted by molar-refractivity contribution is 9.11. The van der Waals surface area contributed by atoms with Crippen molar-refractivity contribution in [2.75, 3.05) is 20.3 Å². The van der Waals surface area contributed by atoms with E-state index in [1.54, 1.807) is 18.2 Å². The molecule has 2 N–H and O–H groups in total. The minimum absolute atomic E-state index is 0.116. The second-order valence-electron chi connectivity index (χ2n) is 3.73. The highest BCUT2D eigenvalue weighted by Gasteiger charge is 2.17. The number of carboxylic acids is 1. The summed E-state index contributed by atoms with van der Waals surface area (Å²) in [6.45, 7) is -0.328. The number of hydrogen-bond acceptors (Lipinski definition) is 4. The summed E-state index contributed by atoms with van der Waals surface area (Å²) in [6.07, 6.45) is -1.07. The topological polar surface area (TPSA) is 84.9 Å². The fourth-order valence-electron chi connectivity index (χ4n) is 1.26. The summed E-state index contributed by atoms with van der Waals surface area (Å²) in [6, 6.07) is 5.28. The Morgan fingerprint density at radius 2 is 2.10 bits per heavy atom. The summed E-state index contributed by atoms with van der Waals surface area (Å²) in [7, 11) is 1.26. The Labute approximate surface area is 132 Å². The zero-order valence-corrected chi connectivity index (χ0v) is 13.7. The Bertz CT molecular complexity index is 495. The molecule has 0 bridgehead atoms. The number of halogens is 2. The molecule has 1 aromatic rings. The van der Waals surface area contributed by atoms with Gasteiger partial charge in [-0.1, -0.05) is 15.9 Å². The number of rotatable bonds is 7. The van der Waals surface area contributed by atoms with Crippen molar-refractivity contribution in [3.8, 4) is 5.75 Å². The summed E-state index contributed by atoms with van der Waals surface area (Å²) in [4.78, 5) is 22.2. The van der Waals surface area contributed by atoms with Crippen molar-refractivity contribution in [2.45, 2.75) is 6.10 Å². The van der Waals surface area contributed by atoms with Crippen molar-refractivity contribution in [1.82, 2.24) is 5.32 Å². The van der Waals surface area contributed by atoms with Crippen LogP contribution in [0.1, 0.15) is 0 Å². The molecule has 20 heavy (non-hydrogen) atoms. The summed E-state index contributed by atoms with van der Waals surface area (Å²) in [5, 5.41) is 11.2. The first-order valence-corrected chi connectivity index (χ1v) is 7.12. The molecule has 0 aliphatic heterocycles. The van der Waals surface area contributed by atoms with Crippen LogP contribution in [0, 0.1) is 0 Å². The molecule has 0 saturated carbocycles. The molecular weight excluding hydrogens is 398 g/mol. The second-order valence-corrected chi connectivity index (χ2v) is 5.50. The van der Waals surface area contributed by atoms with E-state index in [9.17, 15) is 9.59 Å². The molecule has 0 fully saturated rings. The minimum Gasteiger partial charge on any atom is -0.483 e. The molecule has 1 amide bonds. The van der Waals surface area contributed by atoms with Gasteiger partial charge in [0.15, 0.2) is 12.7 Å². The molecule has 8 heteroatoms. The van der Waals surface area contributed by atoms with E-state index in [0.717, 1.165) is 4.47 Å². The Balaban J connectivity index is 2.41. The van der Waals surface area contributed by atoms with E-state index in [2.05, 4.69) is 41.9 Å². The lowest BCUT2D eigenvalue weighted by atomic mass is 10.3. The van der Waals surface area contributed by atoms with Crippen LogP contribution in [0.4, 0.5) is 0 Å². The lowest BCUT2D eigenvalue weighted by molar-refractivity contribution is -0.148. The first kappa shape index (κ1) is 16.9. The Kier molecular flexibility index (Phi) is 6.97. The number of benzene rings is 1. The molecule has 1 rings (SSSR count). The maximum absolute atomic E-state index is 11.5. The van der Waals surface area contributed by atoms with Gasteiger partial charge in [-0.15, -0.1) is 0 Å². The fraction of sp³-hybridized carbons (Fsp3) is 0.333. The number of aliphatic carboxylic acids is 1. The predicted octanol–water partition coefficient (Wildman–Crippen LogP) is 1.81. The van der Waals surface area contributed by atoms with Gasteiger partial charge < -0.3 is 19.9 Å². The van der Waals surface area contributed by atoms with Gasteiger partial charge in [0.1, 0.15) is 5.75 Å². The van der Waals surface area contributed by atoms with Crippen LogP contribution in [0.3, 0.4) is 0 Å². The second kappa shape index (κ2) is 8.23. The molecular formula is C12H13Br2NO5. The SMILES string of the molecule is COC(CNC(=O)COc1ccc(Br)cc1Br)C(=O)O. The number of carboxylic acid groups (broad SMARTS) is 1. The fourth-order valence-corrected chi connectivity index (χ4v) is 2.43. The van der Waals surface area contributed by atoms with E-state index in [-0.39, 0.29) is 13.2 Å². The van der Waals surface area contributed by atoms with Crippen LogP contribution in [0.2, 0.25) is 0 Å². The van der Waals surface area contributed by atoms with Gasteiger partial charge in [-0.05, 0) is 34.1 Å². The molecule has 0 spiro atoms. The molecule has 1 aromatic carbocycles. The average Bonchev–Trinajstić information content (AvgIpc) is 2.38. The van der Waals surface area contributed by atoms with E-state index in [1.165, 1.54) is 7.11 Å². The first-order valence-electron chi connectivity index (χ1n) is 5.54. The third kappa shape index (κ3) is 5.48. The summed E-state index contributed by atoms with van der Waals surface area (Å²) < 4.78 is 11.6. The molecule has 1 atom stereocenters. The molecule has 0 heterocycles. The van der Waals surface area contributed by atoms with Crippen LogP contribution in [0.5, 0.6) is 5.75 Å². The van der Waals surface area contributed by atoms with Crippen molar-refractivity contribution >= 4 is 43.7 Å². The average molecular weight is 411 g/mol. The van der Waals surface area contributed by atoms with Crippen molar-refractivity contribution in [3.05, 3.63) is 27.1 Å². The molecule has 110 valence electrons. The zero-order chi connectivity index (χ0) is 15.1. The van der Waals surface area contributed by atoms with Gasteiger partial charge in [0.05, 0.1) is 11.0 Å². The third-order valence-electron chi connectivity index (χ3n) is 2.30. The molecule has 0 radical (unpaired) electrons. The number of nitrogens with one attached hydrogen (secondary N) is 1. The molecule has 6 nitrogen and oxygen atoms in total. The first-order chi connectivity index (χ1) is 9.43. The Morgan fingerprint density at radius 3 is 2.65 bits per heavy atom. The third-order valence-corrected chi connectivity index (χ3v) is 3.41. The zero-order valence-electron chi connectivity index (χ0n) is 10.6. The van der Waals surface area contributed by atoms with Gasteiger partial charge in [0.25, 0.3) is 5.91 Å². The number of methoxy groups -OCH3 is 1. The number of amides is 1. The number of carbonyl (C=O) groups excluding carboxylic acids is 1. The maximum Gasteiger partial charge on any atom is 0.334 e. The van der Waals surface area contributed by atoms with Gasteiger partial charge in [0, 0.05) is 11.6 Å². The van der Waals surface area contributed by atoms with Gasteiger partial charge in [-0.25, -0.2) is 4.79 Å². The molecule has 0 aliphatic rings. The smallest absolute Gasteiger partial charge is 0.334 e. The van der Waals surface area contributed by atoms with Gasteiger partial charge in [0.2, 0.25) is 0 Å². The monoisotopic (exact) mass is 409 g/mol. The molecule has 0 saturated heterocycles. The molecule has 0 aliphatic carbocycles. The van der Waals surface area contributed by atoms with Crippen LogP contribution >= 0.6 is 31.9 Å². The lowest BCUT2D eigenvalue weighted by Gasteiger charge is -2.12. The summed E-state index contributed by atoms with van der Waals surface area (Å²) >= 11 is 6.61. The van der Waals surface area contributed by atoms with Crippen molar-refractivity contribution < 1.29 is 24.2 Å². The highest BCUT2D eigenvalue weighted by Crippen LogP contribution is 2.27. The van der Waals surface area contributed by atoms with Crippen LogP contribution < -0.4 is 10.1 Å². The largest absolute Gasteiger partial charge is 0.483 e. The van der Waals surface area contributed by atoms with Crippen LogP contribution in [-0.2, 0) is 14.3 Å². The van der Waals surface area contributed by atoms with Gasteiger partial charge in [-0.2, -0.15) is 0 Å². The number of hydrogen-bond donors (Lipinski definition) is 2. The van der Waals surface area contributed by atoms with Gasteiger partial charge in [-0.3, -0.25) is 4.79 Å². The van der Waals surface area contributed by atoms with Crippen molar-refractivity contribution in [1.29, 1.82) is 0 Å². The predicted molar refractivity (Wildman–Crippen MR) is 78.8 cm³/mol. The summed E-state index contributed by atoms with van der Waals surface area (Å²) in [5.41, 5.74) is 0. The van der Waals surface area contributed by atoms with E-state index in [0.29, 0.717) is 10.2 Å². The van der Waals surface area contributed by atoms with E-state index >= 15 is 0 Å². The Morgan fingerprint density at radius 1 is 1.40 bits per heavy atom. The van der Waals surface area contributed by atoms with E-state index in [4.69, 9.17) is 9.84 Å². The van der Waals surface area contributed by atoms with Crippen LogP contribution in [-0.4, -0.2) is 43.3 Å². The highest BCUT2D eigenvalue weighted by atomic mass is 79.9. The molecule has 1 unspecified atom stereocenters. The number of carbonyl (C=O) groups is 2. The van der Waals surface area contributed by atoms with E-state index < -0.39 is 18.0 Å². The van der Waals surface area contributed by atoms with Gasteiger partial charge >= 0.3 is 5.97 Å². The maximum atomic E-state index is 11.5. The minimum atomic E-state index is -1.13. The summed E-state index contributed by atoms with van der Waals surface area (Å²) in [5.74, 6) is -1.04. The van der Waals surface area contributed by atoms with E-state index in [1.807, 2.05) is 0 Å². The van der Waals surface area contributed by atoms with Crippen molar-refractivity contribution in [3.63, 3.8) is 0 Å². The lowest BCUT2D eigenvalue weighted by Crippen LogP contribution is -2.39. The standard InChI is InChI=1S/C12H13Br2NO5/c1-19-10(12(17)18)5-15-11(16)6-20-9-3-2-7(13)4-8(9)14/h2-4,10H,5-6H2,1H3,(H,15,16)(H,17,18).